The molecule has 1 saturated heterocycles. The quantitative estimate of drug-likeness (QED) is 0.587. The summed E-state index contributed by atoms with van der Waals surface area (Å²) in [6, 6.07) is 9.01. The second-order valence-electron chi connectivity index (χ2n) is 6.79. The number of hydrogen-bond acceptors (Lipinski definition) is 6. The zero-order valence-corrected chi connectivity index (χ0v) is 17.2. The largest absolute Gasteiger partial charge is 0.486 e. The topological polar surface area (TPSA) is 68.5 Å². The first kappa shape index (κ1) is 19.0. The van der Waals surface area contributed by atoms with Crippen LogP contribution in [-0.4, -0.2) is 27.5 Å². The van der Waals surface area contributed by atoms with Crippen LogP contribution in [0.1, 0.15) is 50.7 Å². The molecule has 1 atom stereocenters. The number of likely N-dealkylation sites (tertiary alicyclic amines) is 1. The van der Waals surface area contributed by atoms with Crippen molar-refractivity contribution in [2.45, 2.75) is 39.3 Å². The van der Waals surface area contributed by atoms with Crippen molar-refractivity contribution in [1.82, 2.24) is 15.0 Å². The number of ether oxygens (including phenoxy) is 1. The predicted octanol–water partition coefficient (Wildman–Crippen LogP) is 4.96. The molecule has 1 fully saturated rings. The maximum absolute atomic E-state index is 13.2. The molecule has 1 aliphatic heterocycles. The van der Waals surface area contributed by atoms with Crippen LogP contribution in [0.5, 0.6) is 5.75 Å². The predicted molar refractivity (Wildman–Crippen MR) is 107 cm³/mol. The van der Waals surface area contributed by atoms with Gasteiger partial charge in [0, 0.05) is 17.6 Å². The van der Waals surface area contributed by atoms with E-state index < -0.39 is 0 Å². The summed E-state index contributed by atoms with van der Waals surface area (Å²) in [7, 11) is 0. The van der Waals surface area contributed by atoms with Gasteiger partial charge in [-0.1, -0.05) is 16.8 Å². The monoisotopic (exact) mass is 417 g/mol. The second kappa shape index (κ2) is 7.93. The van der Waals surface area contributed by atoms with Gasteiger partial charge in [-0.05, 0) is 51.0 Å². The highest BCUT2D eigenvalue weighted by molar-refractivity contribution is 7.13. The summed E-state index contributed by atoms with van der Waals surface area (Å²) in [6.07, 6.45) is 1.82. The Morgan fingerprint density at radius 3 is 2.86 bits per heavy atom. The Hall–Kier alpha value is -2.38. The second-order valence-corrected chi connectivity index (χ2v) is 8.31. The molecule has 3 heterocycles. The van der Waals surface area contributed by atoms with Gasteiger partial charge in [-0.2, -0.15) is 0 Å². The van der Waals surface area contributed by atoms with E-state index in [1.54, 1.807) is 12.1 Å². The molecule has 2 aromatic heterocycles. The van der Waals surface area contributed by atoms with Crippen LogP contribution in [0.3, 0.4) is 0 Å². The highest BCUT2D eigenvalue weighted by atomic mass is 35.5. The summed E-state index contributed by atoms with van der Waals surface area (Å²) in [4.78, 5) is 20.2. The number of amides is 1. The van der Waals surface area contributed by atoms with Gasteiger partial charge in [-0.3, -0.25) is 4.79 Å². The van der Waals surface area contributed by atoms with Gasteiger partial charge in [0.25, 0.3) is 5.91 Å². The molecule has 6 nitrogen and oxygen atoms in total. The van der Waals surface area contributed by atoms with Gasteiger partial charge in [0.1, 0.15) is 22.2 Å². The Balaban J connectivity index is 1.47. The Morgan fingerprint density at radius 2 is 2.14 bits per heavy atom. The highest BCUT2D eigenvalue weighted by Crippen LogP contribution is 2.35. The van der Waals surface area contributed by atoms with Crippen molar-refractivity contribution < 1.29 is 14.1 Å². The average Bonchev–Trinajstić information content (AvgIpc) is 3.40. The minimum absolute atomic E-state index is 0.00991. The minimum atomic E-state index is -0.0658. The molecule has 1 amide bonds. The number of carbonyl (C=O) groups excluding carboxylic acids is 1. The average molecular weight is 418 g/mol. The number of carbonyl (C=O) groups is 1. The summed E-state index contributed by atoms with van der Waals surface area (Å²) >= 11 is 7.27. The summed E-state index contributed by atoms with van der Waals surface area (Å²) in [6.45, 7) is 4.76. The zero-order valence-electron chi connectivity index (χ0n) is 15.6. The van der Waals surface area contributed by atoms with E-state index in [9.17, 15) is 4.79 Å². The van der Waals surface area contributed by atoms with E-state index in [4.69, 9.17) is 20.9 Å². The molecule has 0 saturated carbocycles. The molecule has 146 valence electrons. The molecule has 0 N–H and O–H groups in total. The van der Waals surface area contributed by atoms with Crippen molar-refractivity contribution >= 4 is 28.8 Å². The van der Waals surface area contributed by atoms with Crippen LogP contribution in [0.2, 0.25) is 5.02 Å². The van der Waals surface area contributed by atoms with E-state index in [0.29, 0.717) is 28.8 Å². The van der Waals surface area contributed by atoms with Crippen molar-refractivity contribution in [3.05, 3.63) is 62.4 Å². The van der Waals surface area contributed by atoms with Gasteiger partial charge >= 0.3 is 0 Å². The van der Waals surface area contributed by atoms with E-state index in [-0.39, 0.29) is 11.9 Å². The van der Waals surface area contributed by atoms with Crippen molar-refractivity contribution in [3.8, 4) is 5.75 Å². The van der Waals surface area contributed by atoms with Crippen LogP contribution >= 0.6 is 22.9 Å². The third kappa shape index (κ3) is 3.91. The number of aromatic nitrogens is 2. The van der Waals surface area contributed by atoms with Gasteiger partial charge in [0.15, 0.2) is 5.76 Å². The number of benzene rings is 1. The van der Waals surface area contributed by atoms with E-state index in [1.165, 1.54) is 11.3 Å². The smallest absolute Gasteiger partial charge is 0.266 e. The lowest BCUT2D eigenvalue weighted by atomic mass is 10.1. The number of halogens is 1. The van der Waals surface area contributed by atoms with Crippen LogP contribution in [0, 0.1) is 13.8 Å². The lowest BCUT2D eigenvalue weighted by Crippen LogP contribution is -2.30. The number of thiazole rings is 1. The highest BCUT2D eigenvalue weighted by Gasteiger charge is 2.34. The van der Waals surface area contributed by atoms with Gasteiger partial charge in [-0.15, -0.1) is 11.3 Å². The van der Waals surface area contributed by atoms with E-state index >= 15 is 0 Å². The fourth-order valence-electron chi connectivity index (χ4n) is 3.36. The van der Waals surface area contributed by atoms with Gasteiger partial charge in [0.05, 0.1) is 17.4 Å². The molecule has 3 aromatic rings. The SMILES string of the molecule is Cc1cc([C@@H]2CCCN2C(=O)c2sc(COc3ccc(Cl)cc3)nc2C)on1. The molecule has 0 bridgehead atoms. The van der Waals surface area contributed by atoms with Crippen molar-refractivity contribution in [2.24, 2.45) is 0 Å². The lowest BCUT2D eigenvalue weighted by Gasteiger charge is -2.22. The number of rotatable bonds is 5. The Kier molecular flexibility index (Phi) is 5.37. The molecule has 0 aliphatic carbocycles. The van der Waals surface area contributed by atoms with Crippen LogP contribution in [0.25, 0.3) is 0 Å². The molecule has 0 spiro atoms. The van der Waals surface area contributed by atoms with Crippen molar-refractivity contribution in [2.75, 3.05) is 6.54 Å². The molecular weight excluding hydrogens is 398 g/mol. The first-order valence-corrected chi connectivity index (χ1v) is 10.3. The van der Waals surface area contributed by atoms with Crippen LogP contribution < -0.4 is 4.74 Å². The summed E-state index contributed by atoms with van der Waals surface area (Å²) in [5.74, 6) is 1.45. The third-order valence-electron chi connectivity index (χ3n) is 4.70. The summed E-state index contributed by atoms with van der Waals surface area (Å²) < 4.78 is 11.2. The van der Waals surface area contributed by atoms with Gasteiger partial charge in [-0.25, -0.2) is 4.98 Å². The number of hydrogen-bond donors (Lipinski definition) is 0. The van der Waals surface area contributed by atoms with Crippen LogP contribution in [0.15, 0.2) is 34.9 Å². The first-order chi connectivity index (χ1) is 13.5. The Labute approximate surface area is 172 Å². The molecule has 28 heavy (non-hydrogen) atoms. The van der Waals surface area contributed by atoms with Gasteiger partial charge in [0.2, 0.25) is 0 Å². The molecule has 8 heteroatoms. The molecule has 1 aromatic carbocycles. The molecule has 0 unspecified atom stereocenters. The Morgan fingerprint density at radius 1 is 1.36 bits per heavy atom. The first-order valence-electron chi connectivity index (χ1n) is 9.10. The van der Waals surface area contributed by atoms with E-state index in [0.717, 1.165) is 35.0 Å². The fraction of sp³-hybridized carbons (Fsp3) is 0.350. The maximum Gasteiger partial charge on any atom is 0.266 e. The summed E-state index contributed by atoms with van der Waals surface area (Å²) in [5.41, 5.74) is 1.55. The van der Waals surface area contributed by atoms with Crippen molar-refractivity contribution in [3.63, 3.8) is 0 Å². The standard InChI is InChI=1S/C20H20ClN3O3S/c1-12-10-17(27-23-12)16-4-3-9-24(16)20(25)19-13(2)22-18(28-19)11-26-15-7-5-14(21)6-8-15/h5-8,10,16H,3-4,9,11H2,1-2H3/t16-/m0/s1. The molecule has 4 rings (SSSR count). The number of nitrogens with zero attached hydrogens (tertiary/aromatic N) is 3. The normalized spacial score (nSPS) is 16.5. The van der Waals surface area contributed by atoms with E-state index in [1.807, 2.05) is 36.9 Å². The van der Waals surface area contributed by atoms with Crippen molar-refractivity contribution in [1.29, 1.82) is 0 Å². The Bertz CT molecular complexity index is 983. The van der Waals surface area contributed by atoms with Crippen LogP contribution in [0.4, 0.5) is 0 Å². The fourth-order valence-corrected chi connectivity index (χ4v) is 4.42. The third-order valence-corrected chi connectivity index (χ3v) is 6.07. The molecule has 1 aliphatic rings. The maximum atomic E-state index is 13.2. The van der Waals surface area contributed by atoms with E-state index in [2.05, 4.69) is 10.1 Å². The molecule has 0 radical (unpaired) electrons. The minimum Gasteiger partial charge on any atom is -0.486 e. The zero-order chi connectivity index (χ0) is 19.7. The lowest BCUT2D eigenvalue weighted by molar-refractivity contribution is 0.0718. The summed E-state index contributed by atoms with van der Waals surface area (Å²) in [5, 5.41) is 5.39. The van der Waals surface area contributed by atoms with Crippen LogP contribution in [-0.2, 0) is 6.61 Å². The molecular formula is C20H20ClN3O3S. The number of aryl methyl sites for hydroxylation is 2. The van der Waals surface area contributed by atoms with Gasteiger partial charge < -0.3 is 14.2 Å².